The number of aliphatic carboxylic acids is 1. The number of phenols is 1. The molecule has 0 atom stereocenters. The zero-order valence-corrected chi connectivity index (χ0v) is 13.5. The maximum absolute atomic E-state index is 13.4. The van der Waals surface area contributed by atoms with E-state index in [0.29, 0.717) is 5.56 Å². The molecule has 0 aromatic heterocycles. The smallest absolute Gasteiger partial charge is 0.305 e. The molecule has 0 saturated carbocycles. The lowest BCUT2D eigenvalue weighted by Gasteiger charge is -2.23. The molecule has 0 aliphatic heterocycles. The van der Waals surface area contributed by atoms with Crippen LogP contribution >= 0.6 is 0 Å². The Morgan fingerprint density at radius 1 is 1.08 bits per heavy atom. The third kappa shape index (κ3) is 4.76. The molecule has 0 heterocycles. The molecule has 0 radical (unpaired) electrons. The van der Waals surface area contributed by atoms with Gasteiger partial charge in [-0.3, -0.25) is 9.59 Å². The molecule has 0 fully saturated rings. The molecule has 0 spiro atoms. The van der Waals surface area contributed by atoms with Crippen molar-refractivity contribution >= 4 is 11.9 Å². The summed E-state index contributed by atoms with van der Waals surface area (Å²) in [6, 6.07) is 7.69. The lowest BCUT2D eigenvalue weighted by Crippen LogP contribution is -2.32. The van der Waals surface area contributed by atoms with Gasteiger partial charge in [0.2, 0.25) is 0 Å². The first kappa shape index (κ1) is 18.4. The van der Waals surface area contributed by atoms with Crippen molar-refractivity contribution in [2.45, 2.75) is 19.9 Å². The minimum absolute atomic E-state index is 0.0126. The molecule has 0 aliphatic carbocycles. The van der Waals surface area contributed by atoms with Gasteiger partial charge in [0, 0.05) is 13.1 Å². The van der Waals surface area contributed by atoms with Gasteiger partial charge in [-0.15, -0.1) is 0 Å². The second-order valence-corrected chi connectivity index (χ2v) is 5.64. The molecule has 2 aromatic carbocycles. The fourth-order valence-corrected chi connectivity index (χ4v) is 2.33. The van der Waals surface area contributed by atoms with E-state index in [2.05, 4.69) is 0 Å². The van der Waals surface area contributed by atoms with E-state index in [0.717, 1.165) is 17.7 Å². The first-order valence-electron chi connectivity index (χ1n) is 7.52. The number of carbonyl (C=O) groups excluding carboxylic acids is 1. The van der Waals surface area contributed by atoms with Crippen molar-refractivity contribution in [1.82, 2.24) is 4.90 Å². The van der Waals surface area contributed by atoms with Gasteiger partial charge < -0.3 is 15.1 Å². The highest BCUT2D eigenvalue weighted by atomic mass is 19.2. The van der Waals surface area contributed by atoms with Crippen molar-refractivity contribution in [3.63, 3.8) is 0 Å². The highest BCUT2D eigenvalue weighted by molar-refractivity contribution is 5.97. The summed E-state index contributed by atoms with van der Waals surface area (Å²) in [5, 5.41) is 18.8. The Morgan fingerprint density at radius 2 is 1.80 bits per heavy atom. The molecule has 2 rings (SSSR count). The van der Waals surface area contributed by atoms with Crippen molar-refractivity contribution in [1.29, 1.82) is 0 Å². The summed E-state index contributed by atoms with van der Waals surface area (Å²) in [6.45, 7) is 1.49. The Labute approximate surface area is 143 Å². The van der Waals surface area contributed by atoms with Gasteiger partial charge in [0.15, 0.2) is 11.6 Å². The summed E-state index contributed by atoms with van der Waals surface area (Å²) in [6.07, 6.45) is -0.317. The van der Waals surface area contributed by atoms with Crippen LogP contribution in [-0.2, 0) is 11.3 Å². The summed E-state index contributed by atoms with van der Waals surface area (Å²) >= 11 is 0. The van der Waals surface area contributed by atoms with Crippen LogP contribution in [0.1, 0.15) is 27.9 Å². The predicted octanol–water partition coefficient (Wildman–Crippen LogP) is 3.10. The van der Waals surface area contributed by atoms with Gasteiger partial charge in [-0.05, 0) is 42.3 Å². The number of hydrogen-bond acceptors (Lipinski definition) is 3. The average molecular weight is 349 g/mol. The highest BCUT2D eigenvalue weighted by Crippen LogP contribution is 2.22. The van der Waals surface area contributed by atoms with Gasteiger partial charge in [0.25, 0.3) is 5.91 Å². The summed E-state index contributed by atoms with van der Waals surface area (Å²) in [5.74, 6) is -3.99. The monoisotopic (exact) mass is 349 g/mol. The molecule has 7 heteroatoms. The lowest BCUT2D eigenvalue weighted by molar-refractivity contribution is -0.137. The van der Waals surface area contributed by atoms with E-state index in [1.807, 2.05) is 0 Å². The second kappa shape index (κ2) is 7.74. The molecule has 0 bridgehead atoms. The number of carboxylic acids is 1. The summed E-state index contributed by atoms with van der Waals surface area (Å²) < 4.78 is 26.4. The number of halogens is 2. The van der Waals surface area contributed by atoms with Gasteiger partial charge in [0.1, 0.15) is 5.75 Å². The SMILES string of the molecule is Cc1ccc(C(=O)N(CCC(=O)O)Cc2ccc(F)c(F)c2)c(O)c1. The molecule has 0 aliphatic rings. The van der Waals surface area contributed by atoms with Crippen molar-refractivity contribution in [3.8, 4) is 5.75 Å². The Morgan fingerprint density at radius 3 is 2.40 bits per heavy atom. The first-order valence-corrected chi connectivity index (χ1v) is 7.52. The quantitative estimate of drug-likeness (QED) is 0.840. The van der Waals surface area contributed by atoms with E-state index >= 15 is 0 Å². The maximum atomic E-state index is 13.4. The Bertz CT molecular complexity index is 808. The third-order valence-corrected chi connectivity index (χ3v) is 3.62. The number of phenolic OH excluding ortho intramolecular Hbond substituents is 1. The molecule has 5 nitrogen and oxygen atoms in total. The van der Waals surface area contributed by atoms with Gasteiger partial charge in [-0.25, -0.2) is 8.78 Å². The Hall–Kier alpha value is -2.96. The summed E-state index contributed by atoms with van der Waals surface area (Å²) in [5.41, 5.74) is 1.08. The van der Waals surface area contributed by atoms with Crippen LogP contribution in [0.2, 0.25) is 0 Å². The van der Waals surface area contributed by atoms with Crippen LogP contribution in [0.25, 0.3) is 0 Å². The number of aromatic hydroxyl groups is 1. The third-order valence-electron chi connectivity index (χ3n) is 3.62. The van der Waals surface area contributed by atoms with Gasteiger partial charge in [-0.2, -0.15) is 0 Å². The minimum atomic E-state index is -1.10. The lowest BCUT2D eigenvalue weighted by atomic mass is 10.1. The topological polar surface area (TPSA) is 77.8 Å². The predicted molar refractivity (Wildman–Crippen MR) is 86.2 cm³/mol. The molecule has 132 valence electrons. The van der Waals surface area contributed by atoms with Gasteiger partial charge in [0.05, 0.1) is 12.0 Å². The summed E-state index contributed by atoms with van der Waals surface area (Å²) in [7, 11) is 0. The van der Waals surface area contributed by atoms with Crippen LogP contribution in [-0.4, -0.2) is 33.5 Å². The molecule has 0 saturated heterocycles. The van der Waals surface area contributed by atoms with E-state index in [1.165, 1.54) is 23.1 Å². The van der Waals surface area contributed by atoms with Crippen LogP contribution < -0.4 is 0 Å². The number of carbonyl (C=O) groups is 2. The molecule has 25 heavy (non-hydrogen) atoms. The highest BCUT2D eigenvalue weighted by Gasteiger charge is 2.20. The largest absolute Gasteiger partial charge is 0.507 e. The van der Waals surface area contributed by atoms with Crippen molar-refractivity contribution in [2.24, 2.45) is 0 Å². The number of hydrogen-bond donors (Lipinski definition) is 2. The van der Waals surface area contributed by atoms with E-state index < -0.39 is 23.5 Å². The molecular formula is C18H17F2NO4. The number of rotatable bonds is 6. The van der Waals surface area contributed by atoms with Crippen molar-refractivity contribution in [3.05, 3.63) is 64.7 Å². The van der Waals surface area contributed by atoms with Gasteiger partial charge in [-0.1, -0.05) is 12.1 Å². The number of carboxylic acid groups (broad SMARTS) is 1. The Balaban J connectivity index is 2.29. The van der Waals surface area contributed by atoms with E-state index in [1.54, 1.807) is 13.0 Å². The maximum Gasteiger partial charge on any atom is 0.305 e. The number of nitrogens with zero attached hydrogens (tertiary/aromatic N) is 1. The number of amides is 1. The zero-order valence-electron chi connectivity index (χ0n) is 13.5. The van der Waals surface area contributed by atoms with Gasteiger partial charge >= 0.3 is 5.97 Å². The Kier molecular flexibility index (Phi) is 5.69. The molecular weight excluding hydrogens is 332 g/mol. The number of benzene rings is 2. The second-order valence-electron chi connectivity index (χ2n) is 5.64. The standard InChI is InChI=1S/C18H17F2NO4/c1-11-2-4-13(16(22)8-11)18(25)21(7-6-17(23)24)10-12-3-5-14(19)15(20)9-12/h2-5,8-9,22H,6-7,10H2,1H3,(H,23,24). The van der Waals surface area contributed by atoms with E-state index in [4.69, 9.17) is 5.11 Å². The van der Waals surface area contributed by atoms with Crippen LogP contribution in [0.15, 0.2) is 36.4 Å². The first-order chi connectivity index (χ1) is 11.8. The van der Waals surface area contributed by atoms with Crippen LogP contribution in [0.4, 0.5) is 8.78 Å². The fourth-order valence-electron chi connectivity index (χ4n) is 2.33. The van der Waals surface area contributed by atoms with E-state index in [-0.39, 0.29) is 30.8 Å². The molecule has 2 N–H and O–H groups in total. The fraction of sp³-hybridized carbons (Fsp3) is 0.222. The van der Waals surface area contributed by atoms with Crippen molar-refractivity contribution in [2.75, 3.05) is 6.54 Å². The zero-order chi connectivity index (χ0) is 18.6. The normalized spacial score (nSPS) is 10.5. The molecule has 2 aromatic rings. The van der Waals surface area contributed by atoms with Crippen LogP contribution in [0, 0.1) is 18.6 Å². The van der Waals surface area contributed by atoms with Crippen molar-refractivity contribution < 1.29 is 28.6 Å². The average Bonchev–Trinajstić information content (AvgIpc) is 2.54. The van der Waals surface area contributed by atoms with E-state index in [9.17, 15) is 23.5 Å². The van der Waals surface area contributed by atoms with Crippen LogP contribution in [0.3, 0.4) is 0 Å². The molecule has 1 amide bonds. The van der Waals surface area contributed by atoms with Crippen LogP contribution in [0.5, 0.6) is 5.75 Å². The molecule has 0 unspecified atom stereocenters. The minimum Gasteiger partial charge on any atom is -0.507 e. The summed E-state index contributed by atoms with van der Waals surface area (Å²) in [4.78, 5) is 24.7. The number of aryl methyl sites for hydroxylation is 1.